The molecule has 0 aliphatic rings. The smallest absolute Gasteiger partial charge is 0.257 e. The van der Waals surface area contributed by atoms with Crippen LogP contribution in [0.15, 0.2) is 83.7 Å². The van der Waals surface area contributed by atoms with Crippen LogP contribution in [0.25, 0.3) is 20.2 Å². The molecule has 0 unspecified atom stereocenters. The van der Waals surface area contributed by atoms with Crippen LogP contribution in [0.5, 0.6) is 11.5 Å². The fraction of sp³-hybridized carbons (Fsp3) is 0.235. The van der Waals surface area contributed by atoms with Crippen molar-refractivity contribution in [3.63, 3.8) is 0 Å². The lowest BCUT2D eigenvalue weighted by Gasteiger charge is -2.18. The molecule has 0 bridgehead atoms. The Kier molecular flexibility index (Phi) is 9.15. The van der Waals surface area contributed by atoms with E-state index >= 15 is 0 Å². The van der Waals surface area contributed by atoms with Gasteiger partial charge < -0.3 is 19.7 Å². The first kappa shape index (κ1) is 29.2. The first-order valence-corrected chi connectivity index (χ1v) is 14.6. The highest BCUT2D eigenvalue weighted by Gasteiger charge is 2.15. The van der Waals surface area contributed by atoms with Crippen LogP contribution in [-0.2, 0) is 13.0 Å². The number of methoxy groups -OCH3 is 2. The summed E-state index contributed by atoms with van der Waals surface area (Å²) in [6.07, 6.45) is 3.06. The fourth-order valence-corrected chi connectivity index (χ4v) is 6.22. The van der Waals surface area contributed by atoms with Crippen LogP contribution in [0.2, 0.25) is 0 Å². The average molecular weight is 585 g/mol. The molecule has 0 saturated heterocycles. The number of nitrogens with one attached hydrogen (secondary N) is 1. The minimum Gasteiger partial charge on any atom is -0.493 e. The lowest BCUT2D eigenvalue weighted by atomic mass is 10.1. The second-order valence-corrected chi connectivity index (χ2v) is 11.3. The molecule has 5 aromatic rings. The quantitative estimate of drug-likeness (QED) is 0.131. The molecule has 1 N–H and O–H groups in total. The van der Waals surface area contributed by atoms with Crippen LogP contribution in [0.3, 0.4) is 0 Å². The van der Waals surface area contributed by atoms with Crippen LogP contribution in [0, 0.1) is 5.82 Å². The molecule has 0 saturated carbocycles. The number of halogens is 1. The minimum atomic E-state index is -0.457. The number of benzene rings is 4. The van der Waals surface area contributed by atoms with E-state index in [1.807, 2.05) is 36.4 Å². The van der Waals surface area contributed by atoms with Crippen molar-refractivity contribution in [2.24, 2.45) is 0 Å². The third kappa shape index (κ3) is 6.61. The monoisotopic (exact) mass is 584 g/mol. The van der Waals surface area contributed by atoms with Gasteiger partial charge in [-0.3, -0.25) is 9.59 Å². The molecule has 5 rings (SSSR count). The van der Waals surface area contributed by atoms with E-state index in [0.717, 1.165) is 43.9 Å². The molecule has 0 aliphatic heterocycles. The number of fused-ring (bicyclic) bond motifs is 2. The Balaban J connectivity index is 1.15. The van der Waals surface area contributed by atoms with Gasteiger partial charge in [-0.15, -0.1) is 11.3 Å². The summed E-state index contributed by atoms with van der Waals surface area (Å²) in [6, 6.07) is 23.1. The van der Waals surface area contributed by atoms with E-state index in [-0.39, 0.29) is 11.3 Å². The van der Waals surface area contributed by atoms with Crippen LogP contribution in [-0.4, -0.2) is 38.6 Å². The summed E-state index contributed by atoms with van der Waals surface area (Å²) in [5.41, 5.74) is 3.21. The van der Waals surface area contributed by atoms with Crippen molar-refractivity contribution in [1.82, 2.24) is 4.90 Å². The zero-order chi connectivity index (χ0) is 29.6. The van der Waals surface area contributed by atoms with Gasteiger partial charge in [0.2, 0.25) is 0 Å². The molecule has 0 fully saturated rings. The molecule has 4 aromatic carbocycles. The van der Waals surface area contributed by atoms with Crippen molar-refractivity contribution in [3.8, 4) is 11.5 Å². The first-order chi connectivity index (χ1) is 20.4. The summed E-state index contributed by atoms with van der Waals surface area (Å²) < 4.78 is 25.7. The van der Waals surface area contributed by atoms with Gasteiger partial charge in [-0.25, -0.2) is 4.39 Å². The van der Waals surface area contributed by atoms with Gasteiger partial charge in [0.25, 0.3) is 5.91 Å². The Morgan fingerprint density at radius 2 is 1.64 bits per heavy atom. The molecule has 1 amide bonds. The van der Waals surface area contributed by atoms with E-state index in [1.54, 1.807) is 38.5 Å². The number of rotatable bonds is 11. The number of hydrogen-bond donors (Lipinski definition) is 1. The number of carbonyl (C=O) groups is 1. The Hall–Kier alpha value is -4.27. The van der Waals surface area contributed by atoms with Crippen molar-refractivity contribution < 1.29 is 18.7 Å². The molecule has 42 heavy (non-hydrogen) atoms. The number of aryl methyl sites for hydroxylation is 1. The van der Waals surface area contributed by atoms with Crippen molar-refractivity contribution in [1.29, 1.82) is 0 Å². The van der Waals surface area contributed by atoms with Crippen LogP contribution >= 0.6 is 11.3 Å². The van der Waals surface area contributed by atoms with Crippen LogP contribution in [0.1, 0.15) is 34.3 Å². The fourth-order valence-electron chi connectivity index (χ4n) is 5.06. The van der Waals surface area contributed by atoms with E-state index < -0.39 is 5.82 Å². The maximum absolute atomic E-state index is 13.7. The number of hydrogen-bond acceptors (Lipinski definition) is 6. The van der Waals surface area contributed by atoms with Gasteiger partial charge >= 0.3 is 0 Å². The highest BCUT2D eigenvalue weighted by molar-refractivity contribution is 7.24. The lowest BCUT2D eigenvalue weighted by molar-refractivity contribution is 0.102. The standard InChI is InChI=1S/C34H33FN2O4S/c1-37(21-23-12-16-29(40-2)30(19-23)41-3)18-5-4-7-22-10-14-25(15-11-22)36-34(39)27-9-6-8-26-32(38)28-20-24(35)13-17-31(28)42-33(26)27/h6,8-17,19-20H,4-5,7,18,21H2,1-3H3,(H,36,39). The van der Waals surface area contributed by atoms with Crippen LogP contribution < -0.4 is 20.2 Å². The second kappa shape index (κ2) is 13.1. The number of amides is 1. The van der Waals surface area contributed by atoms with Gasteiger partial charge in [-0.05, 0) is 98.6 Å². The molecule has 6 nitrogen and oxygen atoms in total. The topological polar surface area (TPSA) is 67.9 Å². The van der Waals surface area contributed by atoms with Gasteiger partial charge in [-0.2, -0.15) is 0 Å². The number of nitrogens with zero attached hydrogens (tertiary/aromatic N) is 1. The summed E-state index contributed by atoms with van der Waals surface area (Å²) in [5, 5.41) is 3.69. The normalized spacial score (nSPS) is 11.3. The van der Waals surface area contributed by atoms with E-state index in [9.17, 15) is 14.0 Å². The van der Waals surface area contributed by atoms with Gasteiger partial charge in [-0.1, -0.05) is 24.3 Å². The van der Waals surface area contributed by atoms with Gasteiger partial charge in [0.1, 0.15) is 5.82 Å². The molecule has 216 valence electrons. The van der Waals surface area contributed by atoms with E-state index in [4.69, 9.17) is 9.47 Å². The third-order valence-electron chi connectivity index (χ3n) is 7.27. The summed E-state index contributed by atoms with van der Waals surface area (Å²) >= 11 is 1.32. The van der Waals surface area contributed by atoms with Crippen molar-refractivity contribution in [2.75, 3.05) is 33.1 Å². The number of carbonyl (C=O) groups excluding carboxylic acids is 1. The Morgan fingerprint density at radius 1 is 0.881 bits per heavy atom. The maximum atomic E-state index is 13.7. The summed E-state index contributed by atoms with van der Waals surface area (Å²) in [5.74, 6) is 0.725. The van der Waals surface area contributed by atoms with Crippen LogP contribution in [0.4, 0.5) is 10.1 Å². The van der Waals surface area contributed by atoms with Crippen molar-refractivity contribution in [3.05, 3.63) is 112 Å². The lowest BCUT2D eigenvalue weighted by Crippen LogP contribution is -2.19. The predicted molar refractivity (Wildman–Crippen MR) is 169 cm³/mol. The molecule has 1 aromatic heterocycles. The average Bonchev–Trinajstić information content (AvgIpc) is 3.00. The molecular weight excluding hydrogens is 551 g/mol. The summed E-state index contributed by atoms with van der Waals surface area (Å²) in [7, 11) is 5.40. The Morgan fingerprint density at radius 3 is 2.40 bits per heavy atom. The number of ether oxygens (including phenoxy) is 2. The molecule has 0 spiro atoms. The number of unbranched alkanes of at least 4 members (excludes halogenated alkanes) is 1. The van der Waals surface area contributed by atoms with Gasteiger partial charge in [0.15, 0.2) is 16.9 Å². The van der Waals surface area contributed by atoms with Gasteiger partial charge in [0.05, 0.1) is 24.5 Å². The molecule has 0 atom stereocenters. The SMILES string of the molecule is COc1ccc(CN(C)CCCCc2ccc(NC(=O)c3cccc4c(=O)c5cc(F)ccc5sc34)cc2)cc1OC. The Bertz CT molecular complexity index is 1790. The second-order valence-electron chi connectivity index (χ2n) is 10.3. The minimum absolute atomic E-state index is 0.274. The maximum Gasteiger partial charge on any atom is 0.257 e. The molecule has 0 aliphatic carbocycles. The highest BCUT2D eigenvalue weighted by atomic mass is 32.1. The molecule has 1 heterocycles. The first-order valence-electron chi connectivity index (χ1n) is 13.8. The Labute approximate surface area is 248 Å². The summed E-state index contributed by atoms with van der Waals surface area (Å²) in [4.78, 5) is 28.5. The molecule has 8 heteroatoms. The zero-order valence-corrected chi connectivity index (χ0v) is 24.7. The summed E-state index contributed by atoms with van der Waals surface area (Å²) in [6.45, 7) is 1.81. The van der Waals surface area contributed by atoms with Gasteiger partial charge in [0, 0.05) is 27.7 Å². The van der Waals surface area contributed by atoms with Crippen molar-refractivity contribution >= 4 is 43.1 Å². The van der Waals surface area contributed by atoms with E-state index in [1.165, 1.54) is 34.6 Å². The number of anilines is 1. The van der Waals surface area contributed by atoms with Crippen molar-refractivity contribution in [2.45, 2.75) is 25.8 Å². The molecule has 0 radical (unpaired) electrons. The molecular formula is C34H33FN2O4S. The third-order valence-corrected chi connectivity index (χ3v) is 8.49. The van der Waals surface area contributed by atoms with E-state index in [2.05, 4.69) is 23.3 Å². The predicted octanol–water partition coefficient (Wildman–Crippen LogP) is 7.28. The highest BCUT2D eigenvalue weighted by Crippen LogP contribution is 2.29. The van der Waals surface area contributed by atoms with E-state index in [0.29, 0.717) is 31.4 Å². The zero-order valence-electron chi connectivity index (χ0n) is 23.9. The largest absolute Gasteiger partial charge is 0.493 e.